The Kier molecular flexibility index (Phi) is 9.08. The lowest BCUT2D eigenvalue weighted by atomic mass is 9.98. The first-order valence-electron chi connectivity index (χ1n) is 11.5. The lowest BCUT2D eigenvalue weighted by Gasteiger charge is -2.27. The minimum atomic E-state index is -0.361. The molecule has 0 aliphatic carbocycles. The summed E-state index contributed by atoms with van der Waals surface area (Å²) < 4.78 is 21.2. The molecular weight excluding hydrogens is 450 g/mol. The number of benzene rings is 2. The number of hydrogen-bond acceptors (Lipinski definition) is 7. The maximum atomic E-state index is 13.5. The van der Waals surface area contributed by atoms with Crippen LogP contribution >= 0.6 is 0 Å². The molecule has 1 heterocycles. The second-order valence-electron chi connectivity index (χ2n) is 8.01. The highest BCUT2D eigenvalue weighted by Crippen LogP contribution is 2.37. The van der Waals surface area contributed by atoms with E-state index in [1.54, 1.807) is 35.4 Å². The molecule has 0 spiro atoms. The molecule has 2 aromatic carbocycles. The van der Waals surface area contributed by atoms with E-state index in [1.807, 2.05) is 42.5 Å². The standard InChI is InChI=1S/C26H33N3O6/c1-6-25(30)28(13-14-32-2)17-26(31)29-22(19-9-12-23(34-4)24(15-19)35-5)16-21(27-29)18-7-10-20(33-3)11-8-18/h7-12,15,22H,6,13-14,16-17H2,1-5H3/t22-/m1/s1. The molecule has 9 nitrogen and oxygen atoms in total. The molecule has 35 heavy (non-hydrogen) atoms. The van der Waals surface area contributed by atoms with Crippen molar-refractivity contribution in [2.45, 2.75) is 25.8 Å². The van der Waals surface area contributed by atoms with Gasteiger partial charge in [-0.3, -0.25) is 9.59 Å². The normalized spacial score (nSPS) is 14.9. The molecular formula is C26H33N3O6. The Balaban J connectivity index is 1.95. The van der Waals surface area contributed by atoms with Crippen molar-refractivity contribution in [3.05, 3.63) is 53.6 Å². The number of carbonyl (C=O) groups is 2. The summed E-state index contributed by atoms with van der Waals surface area (Å²) in [5.41, 5.74) is 2.52. The largest absolute Gasteiger partial charge is 0.497 e. The van der Waals surface area contributed by atoms with Crippen molar-refractivity contribution in [2.75, 3.05) is 48.1 Å². The molecule has 0 saturated carbocycles. The molecule has 2 aromatic rings. The number of methoxy groups -OCH3 is 4. The molecule has 188 valence electrons. The summed E-state index contributed by atoms with van der Waals surface area (Å²) in [6, 6.07) is 12.8. The molecule has 0 N–H and O–H groups in total. The van der Waals surface area contributed by atoms with Crippen molar-refractivity contribution in [1.29, 1.82) is 0 Å². The van der Waals surface area contributed by atoms with Crippen LogP contribution in [0.4, 0.5) is 0 Å². The molecule has 9 heteroatoms. The Morgan fingerprint density at radius 2 is 1.71 bits per heavy atom. The number of hydrogen-bond donors (Lipinski definition) is 0. The van der Waals surface area contributed by atoms with Crippen molar-refractivity contribution in [2.24, 2.45) is 5.10 Å². The molecule has 3 rings (SSSR count). The zero-order valence-corrected chi connectivity index (χ0v) is 20.9. The predicted molar refractivity (Wildman–Crippen MR) is 132 cm³/mol. The molecule has 0 aromatic heterocycles. The summed E-state index contributed by atoms with van der Waals surface area (Å²) in [4.78, 5) is 27.4. The van der Waals surface area contributed by atoms with E-state index in [0.717, 1.165) is 22.6 Å². The Labute approximate surface area is 206 Å². The third-order valence-electron chi connectivity index (χ3n) is 5.93. The van der Waals surface area contributed by atoms with E-state index in [4.69, 9.17) is 24.0 Å². The number of rotatable bonds is 11. The lowest BCUT2D eigenvalue weighted by Crippen LogP contribution is -2.42. The summed E-state index contributed by atoms with van der Waals surface area (Å²) in [7, 11) is 6.33. The third-order valence-corrected chi connectivity index (χ3v) is 5.93. The topological polar surface area (TPSA) is 89.9 Å². The van der Waals surface area contributed by atoms with E-state index in [2.05, 4.69) is 0 Å². The van der Waals surface area contributed by atoms with Crippen LogP contribution in [0.15, 0.2) is 47.6 Å². The first kappa shape index (κ1) is 26.0. The van der Waals surface area contributed by atoms with Gasteiger partial charge in [0.1, 0.15) is 12.3 Å². The summed E-state index contributed by atoms with van der Waals surface area (Å²) in [5, 5.41) is 6.18. The first-order chi connectivity index (χ1) is 16.9. The van der Waals surface area contributed by atoms with Gasteiger partial charge >= 0.3 is 0 Å². The van der Waals surface area contributed by atoms with Gasteiger partial charge in [-0.2, -0.15) is 5.10 Å². The highest BCUT2D eigenvalue weighted by molar-refractivity contribution is 6.03. The molecule has 0 saturated heterocycles. The van der Waals surface area contributed by atoms with E-state index < -0.39 is 0 Å². The van der Waals surface area contributed by atoms with Crippen molar-refractivity contribution in [1.82, 2.24) is 9.91 Å². The van der Waals surface area contributed by atoms with Gasteiger partial charge in [-0.1, -0.05) is 13.0 Å². The van der Waals surface area contributed by atoms with Crippen LogP contribution in [0.3, 0.4) is 0 Å². The first-order valence-corrected chi connectivity index (χ1v) is 11.5. The maximum Gasteiger partial charge on any atom is 0.262 e. The summed E-state index contributed by atoms with van der Waals surface area (Å²) in [5.74, 6) is 1.52. The van der Waals surface area contributed by atoms with E-state index in [-0.39, 0.29) is 24.4 Å². The van der Waals surface area contributed by atoms with Crippen LogP contribution in [-0.4, -0.2) is 75.6 Å². The molecule has 0 bridgehead atoms. The second-order valence-corrected chi connectivity index (χ2v) is 8.01. The quantitative estimate of drug-likeness (QED) is 0.487. The fourth-order valence-electron chi connectivity index (χ4n) is 3.97. The van der Waals surface area contributed by atoms with Crippen LogP contribution < -0.4 is 14.2 Å². The predicted octanol–water partition coefficient (Wildman–Crippen LogP) is 3.28. The van der Waals surface area contributed by atoms with Gasteiger partial charge in [-0.25, -0.2) is 5.01 Å². The zero-order chi connectivity index (χ0) is 25.4. The van der Waals surface area contributed by atoms with Crippen LogP contribution in [0.1, 0.15) is 36.9 Å². The Morgan fingerprint density at radius 1 is 1.00 bits per heavy atom. The maximum absolute atomic E-state index is 13.5. The lowest BCUT2D eigenvalue weighted by molar-refractivity contribution is -0.141. The molecule has 1 aliphatic heterocycles. The van der Waals surface area contributed by atoms with Crippen LogP contribution in [0.5, 0.6) is 17.2 Å². The SMILES string of the molecule is CCC(=O)N(CCOC)CC(=O)N1N=C(c2ccc(OC)cc2)C[C@@H]1c1ccc(OC)c(OC)c1. The van der Waals surface area contributed by atoms with E-state index in [9.17, 15) is 9.59 Å². The highest BCUT2D eigenvalue weighted by atomic mass is 16.5. The number of hydrazone groups is 1. The average molecular weight is 484 g/mol. The van der Waals surface area contributed by atoms with Crippen molar-refractivity contribution >= 4 is 17.5 Å². The number of nitrogens with zero attached hydrogens (tertiary/aromatic N) is 3. The van der Waals surface area contributed by atoms with Gasteiger partial charge < -0.3 is 23.8 Å². The molecule has 0 radical (unpaired) electrons. The average Bonchev–Trinajstić information content (AvgIpc) is 3.35. The Morgan fingerprint density at radius 3 is 2.31 bits per heavy atom. The van der Waals surface area contributed by atoms with Crippen molar-refractivity contribution in [3.8, 4) is 17.2 Å². The number of carbonyl (C=O) groups excluding carboxylic acids is 2. The Bertz CT molecular complexity index is 1050. The molecule has 0 fully saturated rings. The number of ether oxygens (including phenoxy) is 4. The summed E-state index contributed by atoms with van der Waals surface area (Å²) in [6.07, 6.45) is 0.809. The number of amides is 2. The van der Waals surface area contributed by atoms with Gasteiger partial charge in [-0.05, 0) is 47.5 Å². The van der Waals surface area contributed by atoms with Gasteiger partial charge in [0.25, 0.3) is 5.91 Å². The van der Waals surface area contributed by atoms with Crippen molar-refractivity contribution < 1.29 is 28.5 Å². The zero-order valence-electron chi connectivity index (χ0n) is 20.9. The van der Waals surface area contributed by atoms with Gasteiger partial charge in [0.15, 0.2) is 11.5 Å². The second kappa shape index (κ2) is 12.2. The summed E-state index contributed by atoms with van der Waals surface area (Å²) in [6.45, 7) is 2.37. The Hall–Kier alpha value is -3.59. The van der Waals surface area contributed by atoms with Crippen molar-refractivity contribution in [3.63, 3.8) is 0 Å². The van der Waals surface area contributed by atoms with E-state index in [0.29, 0.717) is 37.5 Å². The third kappa shape index (κ3) is 6.10. The van der Waals surface area contributed by atoms with E-state index in [1.165, 1.54) is 9.91 Å². The van der Waals surface area contributed by atoms with Crippen LogP contribution in [0.2, 0.25) is 0 Å². The van der Waals surface area contributed by atoms with Crippen LogP contribution in [0.25, 0.3) is 0 Å². The van der Waals surface area contributed by atoms with Gasteiger partial charge in [0.2, 0.25) is 5.91 Å². The fraction of sp³-hybridized carbons (Fsp3) is 0.423. The van der Waals surface area contributed by atoms with Gasteiger partial charge in [0.05, 0.1) is 39.7 Å². The highest BCUT2D eigenvalue weighted by Gasteiger charge is 2.34. The van der Waals surface area contributed by atoms with Crippen LogP contribution in [0, 0.1) is 0 Å². The monoisotopic (exact) mass is 483 g/mol. The van der Waals surface area contributed by atoms with E-state index >= 15 is 0 Å². The smallest absolute Gasteiger partial charge is 0.262 e. The minimum absolute atomic E-state index is 0.0841. The molecule has 0 unspecified atom stereocenters. The fourth-order valence-corrected chi connectivity index (χ4v) is 3.97. The summed E-state index contributed by atoms with van der Waals surface area (Å²) >= 11 is 0. The molecule has 2 amide bonds. The minimum Gasteiger partial charge on any atom is -0.497 e. The van der Waals surface area contributed by atoms with Gasteiger partial charge in [-0.15, -0.1) is 0 Å². The molecule has 1 aliphatic rings. The molecule has 1 atom stereocenters. The van der Waals surface area contributed by atoms with Gasteiger partial charge in [0, 0.05) is 26.5 Å². The van der Waals surface area contributed by atoms with Crippen LogP contribution in [-0.2, 0) is 14.3 Å².